The van der Waals surface area contributed by atoms with Gasteiger partial charge in [0.1, 0.15) is 18.3 Å². The number of aliphatic hydroxyl groups excluding tert-OH is 2. The SMILES string of the molecule is OC1[C@H]2OC2OC[C@H]1O. The minimum Gasteiger partial charge on any atom is -0.388 e. The second kappa shape index (κ2) is 1.67. The molecule has 0 aromatic heterocycles. The van der Waals surface area contributed by atoms with E-state index in [1.165, 1.54) is 0 Å². The average Bonchev–Trinajstić information content (AvgIpc) is 2.58. The molecule has 0 aromatic rings. The molecular weight excluding hydrogens is 124 g/mol. The van der Waals surface area contributed by atoms with Crippen LogP contribution in [0.1, 0.15) is 0 Å². The maximum atomic E-state index is 9.03. The molecule has 0 aliphatic carbocycles. The molecule has 4 nitrogen and oxygen atoms in total. The minimum absolute atomic E-state index is 0.183. The van der Waals surface area contributed by atoms with E-state index in [1.54, 1.807) is 0 Å². The van der Waals surface area contributed by atoms with Crippen LogP contribution in [-0.2, 0) is 9.47 Å². The van der Waals surface area contributed by atoms with Crippen molar-refractivity contribution >= 4 is 0 Å². The number of rotatable bonds is 0. The summed E-state index contributed by atoms with van der Waals surface area (Å²) in [5, 5.41) is 18.0. The van der Waals surface area contributed by atoms with Crippen molar-refractivity contribution in [2.75, 3.05) is 6.61 Å². The fourth-order valence-corrected chi connectivity index (χ4v) is 0.996. The van der Waals surface area contributed by atoms with Crippen LogP contribution in [0.25, 0.3) is 0 Å². The van der Waals surface area contributed by atoms with Crippen molar-refractivity contribution in [3.63, 3.8) is 0 Å². The molecule has 9 heavy (non-hydrogen) atoms. The lowest BCUT2D eigenvalue weighted by Gasteiger charge is -2.18. The number of hydrogen-bond acceptors (Lipinski definition) is 4. The van der Waals surface area contributed by atoms with Gasteiger partial charge in [0, 0.05) is 0 Å². The Morgan fingerprint density at radius 3 is 2.78 bits per heavy atom. The summed E-state index contributed by atoms with van der Waals surface area (Å²) in [4.78, 5) is 0. The Morgan fingerprint density at radius 2 is 2.11 bits per heavy atom. The molecule has 2 rings (SSSR count). The van der Waals surface area contributed by atoms with E-state index in [0.29, 0.717) is 0 Å². The van der Waals surface area contributed by atoms with Gasteiger partial charge in [0.15, 0.2) is 6.29 Å². The fraction of sp³-hybridized carbons (Fsp3) is 1.00. The van der Waals surface area contributed by atoms with E-state index < -0.39 is 12.2 Å². The van der Waals surface area contributed by atoms with Crippen molar-refractivity contribution in [1.82, 2.24) is 0 Å². The Kier molecular flexibility index (Phi) is 1.04. The number of epoxide rings is 1. The van der Waals surface area contributed by atoms with Gasteiger partial charge in [-0.25, -0.2) is 0 Å². The van der Waals surface area contributed by atoms with Crippen LogP contribution in [0.2, 0.25) is 0 Å². The third-order valence-electron chi connectivity index (χ3n) is 1.64. The summed E-state index contributed by atoms with van der Waals surface area (Å²) >= 11 is 0. The van der Waals surface area contributed by atoms with Crippen LogP contribution in [0.5, 0.6) is 0 Å². The first-order chi connectivity index (χ1) is 4.29. The molecule has 2 saturated heterocycles. The molecule has 4 atom stereocenters. The maximum Gasteiger partial charge on any atom is 0.187 e. The second-order valence-corrected chi connectivity index (χ2v) is 2.36. The summed E-state index contributed by atoms with van der Waals surface area (Å²) in [6.45, 7) is 0.183. The normalized spacial score (nSPS) is 56.7. The summed E-state index contributed by atoms with van der Waals surface area (Å²) in [5.41, 5.74) is 0. The number of fused-ring (bicyclic) bond motifs is 1. The lowest BCUT2D eigenvalue weighted by Crippen LogP contribution is -2.40. The van der Waals surface area contributed by atoms with Crippen LogP contribution in [-0.4, -0.2) is 41.4 Å². The molecule has 52 valence electrons. The van der Waals surface area contributed by atoms with Gasteiger partial charge in [-0.1, -0.05) is 0 Å². The topological polar surface area (TPSA) is 62.2 Å². The zero-order chi connectivity index (χ0) is 6.43. The van der Waals surface area contributed by atoms with Crippen LogP contribution < -0.4 is 0 Å². The standard InChI is InChI=1S/C5H8O4/c6-2-1-8-5-4(9-5)3(2)7/h2-7H,1H2/t2-,3?,4-,5?/m1/s1. The molecule has 0 aromatic carbocycles. The zero-order valence-corrected chi connectivity index (χ0v) is 4.73. The number of ether oxygens (including phenoxy) is 2. The van der Waals surface area contributed by atoms with Crippen molar-refractivity contribution in [3.8, 4) is 0 Å². The van der Waals surface area contributed by atoms with Crippen LogP contribution in [0.3, 0.4) is 0 Å². The molecule has 2 fully saturated rings. The van der Waals surface area contributed by atoms with Gasteiger partial charge in [0.25, 0.3) is 0 Å². The summed E-state index contributed by atoms with van der Waals surface area (Å²) < 4.78 is 9.73. The van der Waals surface area contributed by atoms with Gasteiger partial charge in [0.05, 0.1) is 6.61 Å². The Morgan fingerprint density at radius 1 is 1.33 bits per heavy atom. The highest BCUT2D eigenvalue weighted by Gasteiger charge is 2.52. The van der Waals surface area contributed by atoms with Crippen molar-refractivity contribution in [1.29, 1.82) is 0 Å². The highest BCUT2D eigenvalue weighted by molar-refractivity contribution is 4.92. The van der Waals surface area contributed by atoms with Gasteiger partial charge in [-0.05, 0) is 0 Å². The molecule has 2 aliphatic heterocycles. The van der Waals surface area contributed by atoms with E-state index in [-0.39, 0.29) is 19.0 Å². The van der Waals surface area contributed by atoms with Crippen LogP contribution in [0.15, 0.2) is 0 Å². The predicted molar refractivity (Wildman–Crippen MR) is 26.6 cm³/mol. The summed E-state index contributed by atoms with van der Waals surface area (Å²) in [7, 11) is 0. The van der Waals surface area contributed by atoms with E-state index in [1.807, 2.05) is 0 Å². The summed E-state index contributed by atoms with van der Waals surface area (Å²) in [6.07, 6.45) is -2.03. The van der Waals surface area contributed by atoms with E-state index in [2.05, 4.69) is 0 Å². The minimum atomic E-state index is -0.770. The average molecular weight is 132 g/mol. The molecule has 2 N–H and O–H groups in total. The monoisotopic (exact) mass is 132 g/mol. The maximum absolute atomic E-state index is 9.03. The van der Waals surface area contributed by atoms with Gasteiger partial charge in [0.2, 0.25) is 0 Å². The second-order valence-electron chi connectivity index (χ2n) is 2.36. The molecule has 0 saturated carbocycles. The van der Waals surface area contributed by atoms with Gasteiger partial charge < -0.3 is 19.7 Å². The lowest BCUT2D eigenvalue weighted by molar-refractivity contribution is -0.0775. The summed E-state index contributed by atoms with van der Waals surface area (Å²) in [6, 6.07) is 0. The third kappa shape index (κ3) is 0.753. The number of aliphatic hydroxyl groups is 2. The van der Waals surface area contributed by atoms with Crippen molar-refractivity contribution < 1.29 is 19.7 Å². The fourth-order valence-electron chi connectivity index (χ4n) is 0.996. The van der Waals surface area contributed by atoms with Crippen molar-refractivity contribution in [3.05, 3.63) is 0 Å². The van der Waals surface area contributed by atoms with Crippen LogP contribution in [0, 0.1) is 0 Å². The highest BCUT2D eigenvalue weighted by atomic mass is 16.8. The molecule has 4 heteroatoms. The van der Waals surface area contributed by atoms with Gasteiger partial charge >= 0.3 is 0 Å². The molecular formula is C5H8O4. The molecule has 0 spiro atoms. The largest absolute Gasteiger partial charge is 0.388 e. The van der Waals surface area contributed by atoms with Gasteiger partial charge in [-0.2, -0.15) is 0 Å². The first-order valence-electron chi connectivity index (χ1n) is 2.92. The first kappa shape index (κ1) is 5.61. The third-order valence-corrected chi connectivity index (χ3v) is 1.64. The smallest absolute Gasteiger partial charge is 0.187 e. The Bertz CT molecular complexity index is 124. The Balaban J connectivity index is 2.02. The highest BCUT2D eigenvalue weighted by Crippen LogP contribution is 2.32. The van der Waals surface area contributed by atoms with E-state index in [9.17, 15) is 0 Å². The lowest BCUT2D eigenvalue weighted by atomic mass is 10.1. The molecule has 2 unspecified atom stereocenters. The Hall–Kier alpha value is -0.160. The summed E-state index contributed by atoms with van der Waals surface area (Å²) in [5.74, 6) is 0. The molecule has 0 radical (unpaired) electrons. The van der Waals surface area contributed by atoms with E-state index in [4.69, 9.17) is 19.7 Å². The number of hydrogen-bond donors (Lipinski definition) is 2. The first-order valence-corrected chi connectivity index (χ1v) is 2.92. The van der Waals surface area contributed by atoms with Crippen LogP contribution in [0.4, 0.5) is 0 Å². The zero-order valence-electron chi connectivity index (χ0n) is 4.73. The Labute approximate surface area is 52.0 Å². The molecule has 2 heterocycles. The van der Waals surface area contributed by atoms with Gasteiger partial charge in [-0.15, -0.1) is 0 Å². The van der Waals surface area contributed by atoms with Crippen LogP contribution >= 0.6 is 0 Å². The van der Waals surface area contributed by atoms with Crippen molar-refractivity contribution in [2.24, 2.45) is 0 Å². The molecule has 0 bridgehead atoms. The van der Waals surface area contributed by atoms with Gasteiger partial charge in [-0.3, -0.25) is 0 Å². The van der Waals surface area contributed by atoms with E-state index in [0.717, 1.165) is 0 Å². The molecule has 0 amide bonds. The molecule has 2 aliphatic rings. The van der Waals surface area contributed by atoms with E-state index >= 15 is 0 Å². The predicted octanol–water partition coefficient (Wildman–Crippen LogP) is -1.54. The van der Waals surface area contributed by atoms with Crippen molar-refractivity contribution in [2.45, 2.75) is 24.6 Å². The quantitative estimate of drug-likeness (QED) is 0.392.